The number of carbonyl (C=O) groups is 1. The Labute approximate surface area is 122 Å². The van der Waals surface area contributed by atoms with Crippen LogP contribution < -0.4 is 5.32 Å². The number of amides is 1. The van der Waals surface area contributed by atoms with Gasteiger partial charge >= 0.3 is 0 Å². The van der Waals surface area contributed by atoms with Crippen molar-refractivity contribution in [3.8, 4) is 0 Å². The maximum Gasteiger partial charge on any atom is 0.261 e. The van der Waals surface area contributed by atoms with Gasteiger partial charge in [0.2, 0.25) is 0 Å². The molecule has 0 radical (unpaired) electrons. The summed E-state index contributed by atoms with van der Waals surface area (Å²) in [6.07, 6.45) is 1.77. The van der Waals surface area contributed by atoms with Crippen molar-refractivity contribution < 1.29 is 17.6 Å². The third-order valence-electron chi connectivity index (χ3n) is 2.71. The van der Waals surface area contributed by atoms with Gasteiger partial charge in [-0.2, -0.15) is 0 Å². The van der Waals surface area contributed by atoms with Crippen LogP contribution >= 0.6 is 10.7 Å². The monoisotopic (exact) mass is 321 g/mol. The molecular weight excluding hydrogens is 305 g/mol. The van der Waals surface area contributed by atoms with Crippen LogP contribution in [0.4, 0.5) is 4.39 Å². The highest BCUT2D eigenvalue weighted by Gasteiger charge is 2.16. The van der Waals surface area contributed by atoms with Gasteiger partial charge in [0.1, 0.15) is 5.82 Å². The van der Waals surface area contributed by atoms with Crippen molar-refractivity contribution in [3.05, 3.63) is 29.6 Å². The molecule has 1 aromatic rings. The first-order valence-electron chi connectivity index (χ1n) is 6.24. The summed E-state index contributed by atoms with van der Waals surface area (Å²) in [5.41, 5.74) is -0.196. The lowest BCUT2D eigenvalue weighted by Crippen LogP contribution is -2.25. The second kappa shape index (κ2) is 7.04. The topological polar surface area (TPSA) is 63.2 Å². The smallest absolute Gasteiger partial charge is 0.261 e. The van der Waals surface area contributed by atoms with Gasteiger partial charge in [-0.1, -0.05) is 13.8 Å². The minimum absolute atomic E-state index is 0.196. The van der Waals surface area contributed by atoms with Crippen LogP contribution in [0, 0.1) is 11.7 Å². The number of hydrogen-bond acceptors (Lipinski definition) is 3. The number of halogens is 2. The van der Waals surface area contributed by atoms with Crippen LogP contribution in [0.15, 0.2) is 23.1 Å². The van der Waals surface area contributed by atoms with Crippen molar-refractivity contribution in [1.29, 1.82) is 0 Å². The molecule has 0 aliphatic heterocycles. The molecule has 0 aromatic heterocycles. The standard InChI is InChI=1S/C13H17ClFNO3S/c1-9(2)4-3-7-16-13(17)11-6-5-10(8-12(11)15)20(14,18)19/h5-6,8-9H,3-4,7H2,1-2H3,(H,16,17). The molecule has 1 N–H and O–H groups in total. The molecule has 112 valence electrons. The molecule has 0 saturated carbocycles. The Bertz CT molecular complexity index is 587. The molecule has 7 heteroatoms. The van der Waals surface area contributed by atoms with Gasteiger partial charge in [0, 0.05) is 17.2 Å². The van der Waals surface area contributed by atoms with Gasteiger partial charge in [0.25, 0.3) is 15.0 Å². The fourth-order valence-corrected chi connectivity index (χ4v) is 2.40. The van der Waals surface area contributed by atoms with Crippen molar-refractivity contribution in [2.45, 2.75) is 31.6 Å². The highest BCUT2D eigenvalue weighted by Crippen LogP contribution is 2.18. The van der Waals surface area contributed by atoms with E-state index in [4.69, 9.17) is 10.7 Å². The summed E-state index contributed by atoms with van der Waals surface area (Å²) in [7, 11) is 1.10. The molecule has 0 bridgehead atoms. The Morgan fingerprint density at radius 3 is 2.55 bits per heavy atom. The van der Waals surface area contributed by atoms with Crippen LogP contribution in [0.2, 0.25) is 0 Å². The molecule has 0 fully saturated rings. The fourth-order valence-electron chi connectivity index (χ4n) is 1.64. The summed E-state index contributed by atoms with van der Waals surface area (Å²) in [5, 5.41) is 2.59. The molecule has 0 saturated heterocycles. The summed E-state index contributed by atoms with van der Waals surface area (Å²) in [4.78, 5) is 11.4. The molecule has 0 atom stereocenters. The van der Waals surface area contributed by atoms with Gasteiger partial charge in [-0.3, -0.25) is 4.79 Å². The molecule has 0 unspecified atom stereocenters. The van der Waals surface area contributed by atoms with Crippen molar-refractivity contribution in [2.24, 2.45) is 5.92 Å². The molecule has 1 amide bonds. The molecule has 20 heavy (non-hydrogen) atoms. The van der Waals surface area contributed by atoms with Gasteiger partial charge in [-0.15, -0.1) is 0 Å². The van der Waals surface area contributed by atoms with Crippen molar-refractivity contribution in [2.75, 3.05) is 6.54 Å². The Morgan fingerprint density at radius 1 is 1.40 bits per heavy atom. The minimum atomic E-state index is -4.00. The van der Waals surface area contributed by atoms with Crippen LogP contribution in [0.3, 0.4) is 0 Å². The van der Waals surface area contributed by atoms with E-state index < -0.39 is 20.8 Å². The van der Waals surface area contributed by atoms with Crippen LogP contribution in [0.25, 0.3) is 0 Å². The Kier molecular flexibility index (Phi) is 5.95. The molecule has 1 aromatic carbocycles. The number of carbonyl (C=O) groups excluding carboxylic acids is 1. The lowest BCUT2D eigenvalue weighted by molar-refractivity contribution is 0.0948. The number of rotatable bonds is 6. The molecule has 0 spiro atoms. The van der Waals surface area contributed by atoms with Crippen molar-refractivity contribution in [1.82, 2.24) is 5.32 Å². The first-order chi connectivity index (χ1) is 9.21. The van der Waals surface area contributed by atoms with Gasteiger partial charge in [0.15, 0.2) is 0 Å². The van der Waals surface area contributed by atoms with Crippen molar-refractivity contribution in [3.63, 3.8) is 0 Å². The summed E-state index contributed by atoms with van der Waals surface area (Å²) >= 11 is 0. The maximum atomic E-state index is 13.7. The van der Waals surface area contributed by atoms with Gasteiger partial charge in [-0.25, -0.2) is 12.8 Å². The lowest BCUT2D eigenvalue weighted by Gasteiger charge is -2.08. The highest BCUT2D eigenvalue weighted by molar-refractivity contribution is 8.13. The fraction of sp³-hybridized carbons (Fsp3) is 0.462. The van der Waals surface area contributed by atoms with Crippen LogP contribution in [0.5, 0.6) is 0 Å². The van der Waals surface area contributed by atoms with E-state index in [1.165, 1.54) is 0 Å². The van der Waals surface area contributed by atoms with Gasteiger partial charge in [-0.05, 0) is 37.0 Å². The number of benzene rings is 1. The van der Waals surface area contributed by atoms with E-state index in [1.54, 1.807) is 0 Å². The predicted octanol–water partition coefficient (Wildman–Crippen LogP) is 2.92. The van der Waals surface area contributed by atoms with Crippen molar-refractivity contribution >= 4 is 25.6 Å². The van der Waals surface area contributed by atoms with E-state index in [0.717, 1.165) is 31.0 Å². The average Bonchev–Trinajstić information content (AvgIpc) is 2.32. The zero-order valence-electron chi connectivity index (χ0n) is 11.3. The molecule has 1 rings (SSSR count). The van der Waals surface area contributed by atoms with E-state index in [-0.39, 0.29) is 10.5 Å². The molecular formula is C13H17ClFNO3S. The number of nitrogens with one attached hydrogen (secondary N) is 1. The summed E-state index contributed by atoms with van der Waals surface area (Å²) in [5.74, 6) is -0.935. The SMILES string of the molecule is CC(C)CCCNC(=O)c1ccc(S(=O)(=O)Cl)cc1F. The average molecular weight is 322 g/mol. The summed E-state index contributed by atoms with van der Waals surface area (Å²) in [6, 6.07) is 2.96. The Morgan fingerprint density at radius 2 is 2.05 bits per heavy atom. The van der Waals surface area contributed by atoms with Gasteiger partial charge < -0.3 is 5.32 Å². The van der Waals surface area contributed by atoms with E-state index in [0.29, 0.717) is 12.5 Å². The number of hydrogen-bond donors (Lipinski definition) is 1. The molecule has 0 aliphatic rings. The van der Waals surface area contributed by atoms with E-state index in [2.05, 4.69) is 19.2 Å². The maximum absolute atomic E-state index is 13.7. The van der Waals surface area contributed by atoms with Crippen LogP contribution in [-0.4, -0.2) is 20.9 Å². The Hall–Kier alpha value is -1.14. The Balaban J connectivity index is 2.70. The normalized spacial score (nSPS) is 11.7. The van der Waals surface area contributed by atoms with E-state index in [9.17, 15) is 17.6 Å². The van der Waals surface area contributed by atoms with E-state index in [1.807, 2.05) is 0 Å². The zero-order valence-corrected chi connectivity index (χ0v) is 12.9. The molecule has 4 nitrogen and oxygen atoms in total. The third kappa shape index (κ3) is 5.09. The largest absolute Gasteiger partial charge is 0.352 e. The quantitative estimate of drug-likeness (QED) is 0.647. The van der Waals surface area contributed by atoms with E-state index >= 15 is 0 Å². The lowest BCUT2D eigenvalue weighted by atomic mass is 10.1. The molecule has 0 heterocycles. The van der Waals surface area contributed by atoms with Crippen LogP contribution in [0.1, 0.15) is 37.0 Å². The first kappa shape index (κ1) is 16.9. The zero-order chi connectivity index (χ0) is 15.3. The first-order valence-corrected chi connectivity index (χ1v) is 8.55. The van der Waals surface area contributed by atoms with Crippen LogP contribution in [-0.2, 0) is 9.05 Å². The second-order valence-electron chi connectivity index (χ2n) is 4.87. The predicted molar refractivity (Wildman–Crippen MR) is 75.8 cm³/mol. The molecule has 0 aliphatic carbocycles. The summed E-state index contributed by atoms with van der Waals surface area (Å²) in [6.45, 7) is 4.60. The second-order valence-corrected chi connectivity index (χ2v) is 7.44. The minimum Gasteiger partial charge on any atom is -0.352 e. The third-order valence-corrected chi connectivity index (χ3v) is 4.06. The highest BCUT2D eigenvalue weighted by atomic mass is 35.7. The van der Waals surface area contributed by atoms with Gasteiger partial charge in [0.05, 0.1) is 10.5 Å². The summed E-state index contributed by atoms with van der Waals surface area (Å²) < 4.78 is 35.8.